The predicted octanol–water partition coefficient (Wildman–Crippen LogP) is 2.35. The quantitative estimate of drug-likeness (QED) is 0.549. The Labute approximate surface area is 92.2 Å². The van der Waals surface area contributed by atoms with Crippen molar-refractivity contribution in [3.63, 3.8) is 0 Å². The largest absolute Gasteiger partial charge is 0.334 e. The molecule has 15 heavy (non-hydrogen) atoms. The van der Waals surface area contributed by atoms with Gasteiger partial charge in [-0.15, -0.1) is 0 Å². The number of hydrogen-bond acceptors (Lipinski definition) is 2. The van der Waals surface area contributed by atoms with Crippen LogP contribution in [0.3, 0.4) is 0 Å². The van der Waals surface area contributed by atoms with Gasteiger partial charge in [-0.05, 0) is 26.3 Å². The molecule has 1 aromatic heterocycles. The van der Waals surface area contributed by atoms with Gasteiger partial charge in [0.15, 0.2) is 0 Å². The van der Waals surface area contributed by atoms with Gasteiger partial charge in [0.1, 0.15) is 5.82 Å². The van der Waals surface area contributed by atoms with Gasteiger partial charge >= 0.3 is 0 Å². The fourth-order valence-corrected chi connectivity index (χ4v) is 1.50. The van der Waals surface area contributed by atoms with Crippen LogP contribution in [-0.2, 0) is 13.1 Å². The Hall–Kier alpha value is -1.09. The van der Waals surface area contributed by atoms with E-state index >= 15 is 0 Å². The van der Waals surface area contributed by atoms with E-state index in [9.17, 15) is 0 Å². The highest BCUT2D eigenvalue weighted by molar-refractivity contribution is 4.92. The molecule has 0 aromatic carbocycles. The van der Waals surface area contributed by atoms with Crippen LogP contribution in [0, 0.1) is 0 Å². The van der Waals surface area contributed by atoms with Crippen LogP contribution in [0.25, 0.3) is 0 Å². The van der Waals surface area contributed by atoms with Gasteiger partial charge in [-0.3, -0.25) is 0 Å². The zero-order valence-electron chi connectivity index (χ0n) is 9.74. The van der Waals surface area contributed by atoms with E-state index in [1.807, 2.05) is 19.3 Å². The van der Waals surface area contributed by atoms with Crippen molar-refractivity contribution >= 4 is 0 Å². The van der Waals surface area contributed by atoms with Crippen LogP contribution >= 0.6 is 0 Å². The van der Waals surface area contributed by atoms with Gasteiger partial charge in [0, 0.05) is 18.9 Å². The van der Waals surface area contributed by atoms with Gasteiger partial charge < -0.3 is 9.88 Å². The second-order valence-corrected chi connectivity index (χ2v) is 3.57. The van der Waals surface area contributed by atoms with E-state index in [1.54, 1.807) is 0 Å². The Morgan fingerprint density at radius 1 is 1.53 bits per heavy atom. The highest BCUT2D eigenvalue weighted by Crippen LogP contribution is 1.98. The summed E-state index contributed by atoms with van der Waals surface area (Å²) in [6, 6.07) is 0. The fraction of sp³-hybridized carbons (Fsp3) is 0.583. The van der Waals surface area contributed by atoms with Crippen LogP contribution in [0.15, 0.2) is 24.5 Å². The van der Waals surface area contributed by atoms with Gasteiger partial charge in [0.25, 0.3) is 0 Å². The van der Waals surface area contributed by atoms with Crippen molar-refractivity contribution in [3.05, 3.63) is 30.4 Å². The molecular formula is C12H21N3. The van der Waals surface area contributed by atoms with Crippen LogP contribution in [0.4, 0.5) is 0 Å². The standard InChI is InChI=1S/C12H21N3/c1-3-5-6-7-13-11-12-14-8-10-15(12)9-4-2/h3,5,8,10,13H,4,6-7,9,11H2,1-2H3/b5-3+. The molecule has 3 nitrogen and oxygen atoms in total. The number of imidazole rings is 1. The molecule has 0 aliphatic rings. The molecule has 0 fully saturated rings. The van der Waals surface area contributed by atoms with E-state index in [0.29, 0.717) is 0 Å². The maximum atomic E-state index is 4.34. The molecule has 0 saturated carbocycles. The minimum Gasteiger partial charge on any atom is -0.334 e. The summed E-state index contributed by atoms with van der Waals surface area (Å²) in [4.78, 5) is 4.34. The first-order valence-corrected chi connectivity index (χ1v) is 5.70. The van der Waals surface area contributed by atoms with Crippen molar-refractivity contribution in [3.8, 4) is 0 Å². The van der Waals surface area contributed by atoms with Crippen molar-refractivity contribution < 1.29 is 0 Å². The number of nitrogens with one attached hydrogen (secondary N) is 1. The highest BCUT2D eigenvalue weighted by Gasteiger charge is 1.99. The summed E-state index contributed by atoms with van der Waals surface area (Å²) in [5, 5.41) is 3.39. The zero-order chi connectivity index (χ0) is 10.9. The Morgan fingerprint density at radius 2 is 2.40 bits per heavy atom. The lowest BCUT2D eigenvalue weighted by molar-refractivity contribution is 0.591. The summed E-state index contributed by atoms with van der Waals surface area (Å²) in [5.41, 5.74) is 0. The molecule has 3 heteroatoms. The van der Waals surface area contributed by atoms with E-state index in [4.69, 9.17) is 0 Å². The molecule has 0 bridgehead atoms. The first-order chi connectivity index (χ1) is 7.38. The van der Waals surface area contributed by atoms with E-state index in [1.165, 1.54) is 0 Å². The van der Waals surface area contributed by atoms with Gasteiger partial charge in [-0.1, -0.05) is 19.1 Å². The molecule has 84 valence electrons. The first kappa shape index (κ1) is 12.0. The molecule has 0 aliphatic heterocycles. The molecule has 0 amide bonds. The van der Waals surface area contributed by atoms with E-state index in [-0.39, 0.29) is 0 Å². The third kappa shape index (κ3) is 4.30. The van der Waals surface area contributed by atoms with Crippen molar-refractivity contribution in [1.82, 2.24) is 14.9 Å². The summed E-state index contributed by atoms with van der Waals surface area (Å²) in [6.07, 6.45) is 10.4. The minimum atomic E-state index is 0.866. The highest BCUT2D eigenvalue weighted by atomic mass is 15.1. The number of aromatic nitrogens is 2. The number of rotatable bonds is 7. The monoisotopic (exact) mass is 207 g/mol. The number of aryl methyl sites for hydroxylation is 1. The second-order valence-electron chi connectivity index (χ2n) is 3.57. The van der Waals surface area contributed by atoms with Crippen molar-refractivity contribution in [1.29, 1.82) is 0 Å². The smallest absolute Gasteiger partial charge is 0.122 e. The summed E-state index contributed by atoms with van der Waals surface area (Å²) in [7, 11) is 0. The lowest BCUT2D eigenvalue weighted by Gasteiger charge is -2.06. The molecule has 0 saturated heterocycles. The normalized spacial score (nSPS) is 11.3. The summed E-state index contributed by atoms with van der Waals surface area (Å²) in [5.74, 6) is 1.14. The Morgan fingerprint density at radius 3 is 3.13 bits per heavy atom. The third-order valence-corrected chi connectivity index (χ3v) is 2.27. The lowest BCUT2D eigenvalue weighted by atomic mass is 10.4. The summed E-state index contributed by atoms with van der Waals surface area (Å²) in [6.45, 7) is 7.18. The number of hydrogen-bond donors (Lipinski definition) is 1. The molecule has 0 spiro atoms. The van der Waals surface area contributed by atoms with Crippen LogP contribution in [-0.4, -0.2) is 16.1 Å². The van der Waals surface area contributed by atoms with E-state index in [0.717, 1.165) is 38.3 Å². The van der Waals surface area contributed by atoms with Crippen LogP contribution in [0.5, 0.6) is 0 Å². The molecular weight excluding hydrogens is 186 g/mol. The second kappa shape index (κ2) is 7.23. The maximum absolute atomic E-state index is 4.34. The van der Waals surface area contributed by atoms with E-state index in [2.05, 4.69) is 33.9 Å². The average molecular weight is 207 g/mol. The van der Waals surface area contributed by atoms with Gasteiger partial charge in [0.05, 0.1) is 6.54 Å². The summed E-state index contributed by atoms with van der Waals surface area (Å²) < 4.78 is 2.21. The van der Waals surface area contributed by atoms with Crippen molar-refractivity contribution in [2.45, 2.75) is 39.8 Å². The topological polar surface area (TPSA) is 29.9 Å². The molecule has 1 N–H and O–H groups in total. The maximum Gasteiger partial charge on any atom is 0.122 e. The van der Waals surface area contributed by atoms with Crippen LogP contribution in [0.2, 0.25) is 0 Å². The molecule has 1 heterocycles. The Kier molecular flexibility index (Phi) is 5.78. The molecule has 1 rings (SSSR count). The first-order valence-electron chi connectivity index (χ1n) is 5.70. The molecule has 1 aromatic rings. The average Bonchev–Trinajstić information content (AvgIpc) is 2.66. The Bertz CT molecular complexity index is 289. The molecule has 0 atom stereocenters. The number of allylic oxidation sites excluding steroid dienone is 1. The molecule has 0 unspecified atom stereocenters. The number of nitrogens with zero attached hydrogens (tertiary/aromatic N) is 2. The van der Waals surface area contributed by atoms with E-state index < -0.39 is 0 Å². The van der Waals surface area contributed by atoms with Gasteiger partial charge in [0.2, 0.25) is 0 Å². The van der Waals surface area contributed by atoms with Crippen molar-refractivity contribution in [2.75, 3.05) is 6.54 Å². The van der Waals surface area contributed by atoms with Crippen LogP contribution in [0.1, 0.15) is 32.5 Å². The predicted molar refractivity (Wildman–Crippen MR) is 63.7 cm³/mol. The third-order valence-electron chi connectivity index (χ3n) is 2.27. The van der Waals surface area contributed by atoms with Crippen molar-refractivity contribution in [2.24, 2.45) is 0 Å². The molecule has 0 aliphatic carbocycles. The Balaban J connectivity index is 2.27. The fourth-order valence-electron chi connectivity index (χ4n) is 1.50. The zero-order valence-corrected chi connectivity index (χ0v) is 9.74. The van der Waals surface area contributed by atoms with Gasteiger partial charge in [-0.25, -0.2) is 4.98 Å². The van der Waals surface area contributed by atoms with Gasteiger partial charge in [-0.2, -0.15) is 0 Å². The molecule has 0 radical (unpaired) electrons. The summed E-state index contributed by atoms with van der Waals surface area (Å²) >= 11 is 0. The SMILES string of the molecule is C/C=C/CCNCc1nccn1CCC. The minimum absolute atomic E-state index is 0.866. The lowest BCUT2D eigenvalue weighted by Crippen LogP contribution is -2.17. The van der Waals surface area contributed by atoms with Crippen LogP contribution < -0.4 is 5.32 Å².